The Kier molecular flexibility index (Phi) is 7.11. The number of amides is 2. The van der Waals surface area contributed by atoms with Gasteiger partial charge in [0.15, 0.2) is 17.5 Å². The molecule has 2 rings (SSSR count). The zero-order valence-corrected chi connectivity index (χ0v) is 14.5. The van der Waals surface area contributed by atoms with Crippen molar-refractivity contribution in [2.24, 2.45) is 0 Å². The maximum absolute atomic E-state index is 13.5. The van der Waals surface area contributed by atoms with Crippen LogP contribution in [0.5, 0.6) is 0 Å². The fraction of sp³-hybridized carbons (Fsp3) is 0.529. The SMILES string of the molecule is CCOC(=O)N1CCC(NC(=O)CCNc2ccc(F)c(F)c2F)CC1. The van der Waals surface area contributed by atoms with Gasteiger partial charge in [-0.25, -0.2) is 18.0 Å². The van der Waals surface area contributed by atoms with Crippen LogP contribution in [-0.2, 0) is 9.53 Å². The summed E-state index contributed by atoms with van der Waals surface area (Å²) >= 11 is 0. The maximum Gasteiger partial charge on any atom is 0.409 e. The molecule has 1 saturated heterocycles. The van der Waals surface area contributed by atoms with E-state index in [4.69, 9.17) is 4.74 Å². The van der Waals surface area contributed by atoms with Crippen molar-refractivity contribution in [1.29, 1.82) is 0 Å². The molecular formula is C17H22F3N3O3. The summed E-state index contributed by atoms with van der Waals surface area (Å²) in [5, 5.41) is 5.42. The summed E-state index contributed by atoms with van der Waals surface area (Å²) in [5.74, 6) is -4.36. The van der Waals surface area contributed by atoms with Crippen molar-refractivity contribution in [3.05, 3.63) is 29.6 Å². The molecule has 1 heterocycles. The molecule has 0 aliphatic carbocycles. The normalized spacial score (nSPS) is 14.8. The lowest BCUT2D eigenvalue weighted by Gasteiger charge is -2.31. The van der Waals surface area contributed by atoms with Gasteiger partial charge < -0.3 is 20.3 Å². The molecule has 0 bridgehead atoms. The highest BCUT2D eigenvalue weighted by Crippen LogP contribution is 2.19. The summed E-state index contributed by atoms with van der Waals surface area (Å²) in [6, 6.07) is 1.85. The van der Waals surface area contributed by atoms with E-state index in [-0.39, 0.29) is 36.7 Å². The lowest BCUT2D eigenvalue weighted by molar-refractivity contribution is -0.121. The first-order valence-corrected chi connectivity index (χ1v) is 8.50. The molecule has 1 aromatic carbocycles. The number of piperidine rings is 1. The first kappa shape index (κ1) is 19.9. The van der Waals surface area contributed by atoms with Crippen LogP contribution in [-0.4, -0.2) is 49.2 Å². The second kappa shape index (κ2) is 9.30. The standard InChI is InChI=1S/C17H22F3N3O3/c1-2-26-17(25)23-9-6-11(7-10-23)22-14(24)5-8-21-13-4-3-12(18)15(19)16(13)20/h3-4,11,21H,2,5-10H2,1H3,(H,22,24). The molecule has 0 spiro atoms. The fourth-order valence-electron chi connectivity index (χ4n) is 2.69. The van der Waals surface area contributed by atoms with E-state index in [0.29, 0.717) is 32.5 Å². The molecule has 0 aromatic heterocycles. The van der Waals surface area contributed by atoms with Crippen LogP contribution in [0.1, 0.15) is 26.2 Å². The second-order valence-corrected chi connectivity index (χ2v) is 5.93. The van der Waals surface area contributed by atoms with Gasteiger partial charge in [-0.15, -0.1) is 0 Å². The zero-order valence-electron chi connectivity index (χ0n) is 14.5. The van der Waals surface area contributed by atoms with Gasteiger partial charge in [0.2, 0.25) is 5.91 Å². The minimum Gasteiger partial charge on any atom is -0.450 e. The van der Waals surface area contributed by atoms with Gasteiger partial charge in [-0.3, -0.25) is 4.79 Å². The molecule has 1 aromatic rings. The van der Waals surface area contributed by atoms with Crippen molar-refractivity contribution in [2.45, 2.75) is 32.2 Å². The number of nitrogens with zero attached hydrogens (tertiary/aromatic N) is 1. The highest BCUT2D eigenvalue weighted by atomic mass is 19.2. The molecule has 2 N–H and O–H groups in total. The van der Waals surface area contributed by atoms with Gasteiger partial charge in [0.05, 0.1) is 12.3 Å². The van der Waals surface area contributed by atoms with Crippen LogP contribution < -0.4 is 10.6 Å². The summed E-state index contributed by atoms with van der Waals surface area (Å²) in [6.45, 7) is 3.14. The Balaban J connectivity index is 1.70. The number of anilines is 1. The summed E-state index contributed by atoms with van der Waals surface area (Å²) in [6.07, 6.45) is 0.942. The number of nitrogens with one attached hydrogen (secondary N) is 2. The Morgan fingerprint density at radius 3 is 2.54 bits per heavy atom. The van der Waals surface area contributed by atoms with Crippen LogP contribution in [0.3, 0.4) is 0 Å². The Labute approximate surface area is 149 Å². The minimum absolute atomic E-state index is 0.0480. The van der Waals surface area contributed by atoms with Crippen molar-refractivity contribution in [2.75, 3.05) is 31.6 Å². The number of carbonyl (C=O) groups excluding carboxylic acids is 2. The first-order chi connectivity index (χ1) is 12.4. The van der Waals surface area contributed by atoms with E-state index in [1.54, 1.807) is 11.8 Å². The molecule has 144 valence electrons. The van der Waals surface area contributed by atoms with Gasteiger partial charge in [0.25, 0.3) is 0 Å². The second-order valence-electron chi connectivity index (χ2n) is 5.93. The third-order valence-corrected chi connectivity index (χ3v) is 4.09. The van der Waals surface area contributed by atoms with Crippen molar-refractivity contribution in [3.63, 3.8) is 0 Å². The van der Waals surface area contributed by atoms with Gasteiger partial charge in [0, 0.05) is 32.1 Å². The Bertz CT molecular complexity index is 650. The third-order valence-electron chi connectivity index (χ3n) is 4.09. The molecule has 0 radical (unpaired) electrons. The van der Waals surface area contributed by atoms with Crippen molar-refractivity contribution in [1.82, 2.24) is 10.2 Å². The van der Waals surface area contributed by atoms with E-state index in [0.717, 1.165) is 12.1 Å². The van der Waals surface area contributed by atoms with Crippen LogP contribution in [0, 0.1) is 17.5 Å². The quantitative estimate of drug-likeness (QED) is 0.752. The number of likely N-dealkylation sites (tertiary alicyclic amines) is 1. The summed E-state index contributed by atoms with van der Waals surface area (Å²) in [7, 11) is 0. The van der Waals surface area contributed by atoms with Crippen LogP contribution in [0.4, 0.5) is 23.7 Å². The molecular weight excluding hydrogens is 351 g/mol. The Morgan fingerprint density at radius 1 is 1.19 bits per heavy atom. The highest BCUT2D eigenvalue weighted by molar-refractivity contribution is 5.77. The molecule has 1 fully saturated rings. The predicted octanol–water partition coefficient (Wildman–Crippen LogP) is 2.64. The highest BCUT2D eigenvalue weighted by Gasteiger charge is 2.24. The Hall–Kier alpha value is -2.45. The minimum atomic E-state index is -1.55. The van der Waals surface area contributed by atoms with Gasteiger partial charge in [-0.1, -0.05) is 0 Å². The smallest absolute Gasteiger partial charge is 0.409 e. The average Bonchev–Trinajstić information content (AvgIpc) is 2.62. The number of carbonyl (C=O) groups is 2. The van der Waals surface area contributed by atoms with E-state index in [1.807, 2.05) is 0 Å². The van der Waals surface area contributed by atoms with E-state index >= 15 is 0 Å². The van der Waals surface area contributed by atoms with Gasteiger partial charge in [-0.05, 0) is 31.9 Å². The van der Waals surface area contributed by atoms with Crippen LogP contribution in [0.25, 0.3) is 0 Å². The summed E-state index contributed by atoms with van der Waals surface area (Å²) in [4.78, 5) is 25.1. The van der Waals surface area contributed by atoms with E-state index < -0.39 is 17.5 Å². The predicted molar refractivity (Wildman–Crippen MR) is 89.2 cm³/mol. The monoisotopic (exact) mass is 373 g/mol. The van der Waals surface area contributed by atoms with Gasteiger partial charge in [0.1, 0.15) is 0 Å². The van der Waals surface area contributed by atoms with E-state index in [9.17, 15) is 22.8 Å². The Morgan fingerprint density at radius 2 is 1.88 bits per heavy atom. The summed E-state index contributed by atoms with van der Waals surface area (Å²) < 4.78 is 44.4. The molecule has 1 aliphatic heterocycles. The number of halogens is 3. The maximum atomic E-state index is 13.5. The zero-order chi connectivity index (χ0) is 19.1. The third kappa shape index (κ3) is 5.27. The van der Waals surface area contributed by atoms with Crippen LogP contribution in [0.2, 0.25) is 0 Å². The van der Waals surface area contributed by atoms with Gasteiger partial charge >= 0.3 is 6.09 Å². The lowest BCUT2D eigenvalue weighted by atomic mass is 10.1. The summed E-state index contributed by atoms with van der Waals surface area (Å²) in [5.41, 5.74) is -0.195. The largest absolute Gasteiger partial charge is 0.450 e. The number of ether oxygens (including phenoxy) is 1. The van der Waals surface area contributed by atoms with E-state index in [2.05, 4.69) is 10.6 Å². The average molecular weight is 373 g/mol. The number of rotatable bonds is 6. The van der Waals surface area contributed by atoms with Crippen LogP contribution >= 0.6 is 0 Å². The molecule has 2 amide bonds. The number of hydrogen-bond acceptors (Lipinski definition) is 4. The fourth-order valence-corrected chi connectivity index (χ4v) is 2.69. The molecule has 0 unspecified atom stereocenters. The molecule has 0 saturated carbocycles. The number of hydrogen-bond donors (Lipinski definition) is 2. The van der Waals surface area contributed by atoms with Crippen molar-refractivity contribution < 1.29 is 27.5 Å². The molecule has 9 heteroatoms. The molecule has 0 atom stereocenters. The van der Waals surface area contributed by atoms with Crippen molar-refractivity contribution in [3.8, 4) is 0 Å². The number of benzene rings is 1. The topological polar surface area (TPSA) is 70.7 Å². The van der Waals surface area contributed by atoms with Crippen molar-refractivity contribution >= 4 is 17.7 Å². The molecule has 6 nitrogen and oxygen atoms in total. The molecule has 26 heavy (non-hydrogen) atoms. The van der Waals surface area contributed by atoms with Crippen LogP contribution in [0.15, 0.2) is 12.1 Å². The lowest BCUT2D eigenvalue weighted by Crippen LogP contribution is -2.46. The van der Waals surface area contributed by atoms with Gasteiger partial charge in [-0.2, -0.15) is 0 Å². The van der Waals surface area contributed by atoms with E-state index in [1.165, 1.54) is 0 Å². The molecule has 1 aliphatic rings. The first-order valence-electron chi connectivity index (χ1n) is 8.50.